The van der Waals surface area contributed by atoms with Gasteiger partial charge in [-0.2, -0.15) is 0 Å². The molecule has 2 unspecified atom stereocenters. The first kappa shape index (κ1) is 20.1. The summed E-state index contributed by atoms with van der Waals surface area (Å²) in [6.45, 7) is 6.93. The first-order chi connectivity index (χ1) is 9.55. The van der Waals surface area contributed by atoms with Crippen LogP contribution in [0.2, 0.25) is 0 Å². The molecule has 2 atom stereocenters. The van der Waals surface area contributed by atoms with Crippen LogP contribution in [0.3, 0.4) is 0 Å². The van der Waals surface area contributed by atoms with Gasteiger partial charge in [0, 0.05) is 6.16 Å². The summed E-state index contributed by atoms with van der Waals surface area (Å²) >= 11 is 0. The summed E-state index contributed by atoms with van der Waals surface area (Å²) in [4.78, 5) is 9.82. The predicted molar refractivity (Wildman–Crippen MR) is 87.3 cm³/mol. The maximum absolute atomic E-state index is 11.9. The highest BCUT2D eigenvalue weighted by molar-refractivity contribution is 7.52. The Morgan fingerprint density at radius 1 is 0.950 bits per heavy atom. The van der Waals surface area contributed by atoms with Gasteiger partial charge in [0.05, 0.1) is 6.61 Å². The van der Waals surface area contributed by atoms with E-state index < -0.39 is 7.60 Å². The van der Waals surface area contributed by atoms with Crippen LogP contribution in [0.4, 0.5) is 0 Å². The average molecular weight is 306 g/mol. The Balaban J connectivity index is 3.73. The molecule has 1 N–H and O–H groups in total. The van der Waals surface area contributed by atoms with Gasteiger partial charge < -0.3 is 9.42 Å². The van der Waals surface area contributed by atoms with Crippen molar-refractivity contribution in [1.29, 1.82) is 0 Å². The van der Waals surface area contributed by atoms with Crippen LogP contribution in [-0.4, -0.2) is 17.7 Å². The minimum absolute atomic E-state index is 0.323. The lowest BCUT2D eigenvalue weighted by Gasteiger charge is -2.18. The van der Waals surface area contributed by atoms with E-state index in [9.17, 15) is 9.46 Å². The third-order valence-electron chi connectivity index (χ3n) is 3.85. The standard InChI is InChI=1S/C16H35O3P/c1-4-7-9-10-11-12-14-20(17,18)19-15-16(6-3)13-8-5-2/h16H,4-15H2,1-3H3,(H,17,18). The predicted octanol–water partition coefficient (Wildman–Crippen LogP) is 5.77. The number of hydrogen-bond acceptors (Lipinski definition) is 2. The molecule has 0 saturated heterocycles. The monoisotopic (exact) mass is 306 g/mol. The van der Waals surface area contributed by atoms with E-state index in [1.165, 1.54) is 38.5 Å². The van der Waals surface area contributed by atoms with Crippen LogP contribution in [0.25, 0.3) is 0 Å². The molecule has 0 spiro atoms. The Labute approximate surface area is 126 Å². The Morgan fingerprint density at radius 3 is 2.15 bits per heavy atom. The van der Waals surface area contributed by atoms with Crippen molar-refractivity contribution in [3.8, 4) is 0 Å². The minimum atomic E-state index is -3.35. The summed E-state index contributed by atoms with van der Waals surface area (Å²) in [5, 5.41) is 0. The molecule has 0 aromatic heterocycles. The molecule has 0 rings (SSSR count). The highest BCUT2D eigenvalue weighted by atomic mass is 31.2. The quantitative estimate of drug-likeness (QED) is 0.327. The first-order valence-electron chi connectivity index (χ1n) is 8.52. The normalized spacial score (nSPS) is 16.0. The molecule has 0 fully saturated rings. The summed E-state index contributed by atoms with van der Waals surface area (Å²) < 4.78 is 17.2. The second-order valence-corrected chi connectivity index (χ2v) is 7.82. The molecule has 0 saturated carbocycles. The van der Waals surface area contributed by atoms with Crippen molar-refractivity contribution < 1.29 is 14.0 Å². The van der Waals surface area contributed by atoms with Gasteiger partial charge in [0.2, 0.25) is 0 Å². The molecule has 0 aromatic carbocycles. The van der Waals surface area contributed by atoms with Crippen LogP contribution in [0, 0.1) is 5.92 Å². The average Bonchev–Trinajstić information content (AvgIpc) is 2.43. The van der Waals surface area contributed by atoms with Crippen LogP contribution >= 0.6 is 7.60 Å². The van der Waals surface area contributed by atoms with Crippen LogP contribution in [-0.2, 0) is 9.09 Å². The van der Waals surface area contributed by atoms with Gasteiger partial charge in [-0.25, -0.2) is 0 Å². The number of unbranched alkanes of at least 4 members (excludes halogenated alkanes) is 6. The zero-order valence-corrected chi connectivity index (χ0v) is 14.7. The van der Waals surface area contributed by atoms with Crippen LogP contribution in [0.15, 0.2) is 0 Å². The fraction of sp³-hybridized carbons (Fsp3) is 1.00. The second kappa shape index (κ2) is 12.9. The van der Waals surface area contributed by atoms with Crippen molar-refractivity contribution in [2.45, 2.75) is 85.0 Å². The van der Waals surface area contributed by atoms with E-state index in [0.29, 0.717) is 18.7 Å². The van der Waals surface area contributed by atoms with Crippen LogP contribution < -0.4 is 0 Å². The van der Waals surface area contributed by atoms with E-state index in [4.69, 9.17) is 4.52 Å². The maximum Gasteiger partial charge on any atom is 0.328 e. The molecule has 0 aromatic rings. The summed E-state index contributed by atoms with van der Waals surface area (Å²) in [6, 6.07) is 0. The van der Waals surface area contributed by atoms with E-state index >= 15 is 0 Å². The van der Waals surface area contributed by atoms with Crippen molar-refractivity contribution in [3.05, 3.63) is 0 Å². The SMILES string of the molecule is CCCCCCCCP(=O)(O)OCC(CC)CCCC. The molecule has 0 amide bonds. The lowest BCUT2D eigenvalue weighted by Crippen LogP contribution is -2.08. The van der Waals surface area contributed by atoms with Crippen molar-refractivity contribution in [2.75, 3.05) is 12.8 Å². The Hall–Kier alpha value is 0.150. The highest BCUT2D eigenvalue weighted by Gasteiger charge is 2.20. The van der Waals surface area contributed by atoms with Gasteiger partial charge in [0.15, 0.2) is 0 Å². The topological polar surface area (TPSA) is 46.5 Å². The molecular formula is C16H35O3P. The lowest BCUT2D eigenvalue weighted by molar-refractivity contribution is 0.203. The molecular weight excluding hydrogens is 271 g/mol. The molecule has 0 bridgehead atoms. The molecule has 0 heterocycles. The van der Waals surface area contributed by atoms with Crippen LogP contribution in [0.5, 0.6) is 0 Å². The summed E-state index contributed by atoms with van der Waals surface area (Å²) in [5.74, 6) is 0.431. The fourth-order valence-corrected chi connectivity index (χ4v) is 3.47. The molecule has 4 heteroatoms. The van der Waals surface area contributed by atoms with Crippen molar-refractivity contribution in [2.24, 2.45) is 5.92 Å². The molecule has 0 aliphatic carbocycles. The third kappa shape index (κ3) is 11.9. The summed E-state index contributed by atoms with van der Waals surface area (Å²) in [6.07, 6.45) is 11.6. The van der Waals surface area contributed by atoms with Gasteiger partial charge in [-0.3, -0.25) is 4.57 Å². The Kier molecular flexibility index (Phi) is 13.0. The highest BCUT2D eigenvalue weighted by Crippen LogP contribution is 2.43. The largest absolute Gasteiger partial charge is 0.328 e. The Bertz CT molecular complexity index is 256. The number of hydrogen-bond donors (Lipinski definition) is 1. The van der Waals surface area contributed by atoms with Crippen molar-refractivity contribution in [3.63, 3.8) is 0 Å². The first-order valence-corrected chi connectivity index (χ1v) is 10.3. The van der Waals surface area contributed by atoms with E-state index in [2.05, 4.69) is 20.8 Å². The number of rotatable bonds is 14. The van der Waals surface area contributed by atoms with Gasteiger partial charge in [0.1, 0.15) is 0 Å². The fourth-order valence-electron chi connectivity index (χ4n) is 2.28. The van der Waals surface area contributed by atoms with Gasteiger partial charge in [0.25, 0.3) is 0 Å². The molecule has 0 aliphatic heterocycles. The second-order valence-electron chi connectivity index (χ2n) is 5.84. The molecule has 20 heavy (non-hydrogen) atoms. The van der Waals surface area contributed by atoms with E-state index in [-0.39, 0.29) is 0 Å². The van der Waals surface area contributed by atoms with E-state index in [1.54, 1.807) is 0 Å². The smallest absolute Gasteiger partial charge is 0.324 e. The van der Waals surface area contributed by atoms with Crippen molar-refractivity contribution in [1.82, 2.24) is 0 Å². The van der Waals surface area contributed by atoms with Crippen LogP contribution in [0.1, 0.15) is 85.0 Å². The maximum atomic E-state index is 11.9. The van der Waals surface area contributed by atoms with Gasteiger partial charge >= 0.3 is 7.60 Å². The zero-order chi connectivity index (χ0) is 15.3. The molecule has 3 nitrogen and oxygen atoms in total. The zero-order valence-electron chi connectivity index (χ0n) is 13.8. The lowest BCUT2D eigenvalue weighted by atomic mass is 10.0. The van der Waals surface area contributed by atoms with E-state index in [1.807, 2.05) is 0 Å². The van der Waals surface area contributed by atoms with Gasteiger partial charge in [-0.1, -0.05) is 72.1 Å². The van der Waals surface area contributed by atoms with Gasteiger partial charge in [-0.05, 0) is 18.8 Å². The van der Waals surface area contributed by atoms with Gasteiger partial charge in [-0.15, -0.1) is 0 Å². The Morgan fingerprint density at radius 2 is 1.55 bits per heavy atom. The summed E-state index contributed by atoms with van der Waals surface area (Å²) in [7, 11) is -3.35. The molecule has 122 valence electrons. The summed E-state index contributed by atoms with van der Waals surface area (Å²) in [5.41, 5.74) is 0. The third-order valence-corrected chi connectivity index (χ3v) is 5.28. The molecule has 0 radical (unpaired) electrons. The molecule has 0 aliphatic rings. The van der Waals surface area contributed by atoms with E-state index in [0.717, 1.165) is 25.7 Å². The van der Waals surface area contributed by atoms with Crippen molar-refractivity contribution >= 4 is 7.60 Å². The minimum Gasteiger partial charge on any atom is -0.324 e.